The van der Waals surface area contributed by atoms with Gasteiger partial charge >= 0.3 is 0 Å². The summed E-state index contributed by atoms with van der Waals surface area (Å²) in [4.78, 5) is 0. The van der Waals surface area contributed by atoms with Crippen molar-refractivity contribution in [2.75, 3.05) is 0 Å². The predicted octanol–water partition coefficient (Wildman–Crippen LogP) is 1.87. The minimum Gasteiger partial charge on any atom is -0.320 e. The molecule has 0 bridgehead atoms. The second-order valence-corrected chi connectivity index (χ2v) is 4.88. The van der Waals surface area contributed by atoms with Gasteiger partial charge in [-0.25, -0.2) is 0 Å². The molecule has 1 saturated carbocycles. The van der Waals surface area contributed by atoms with Gasteiger partial charge < -0.3 is 9.88 Å². The summed E-state index contributed by atoms with van der Waals surface area (Å²) in [5.41, 5.74) is 0. The smallest absolute Gasteiger partial charge is 0.146 e. The summed E-state index contributed by atoms with van der Waals surface area (Å²) in [6, 6.07) is 0.676. The Bertz CT molecular complexity index is 321. The number of rotatable bonds is 4. The lowest BCUT2D eigenvalue weighted by molar-refractivity contribution is 0.276. The van der Waals surface area contributed by atoms with Crippen molar-refractivity contribution >= 4 is 0 Å². The molecule has 0 radical (unpaired) electrons. The molecule has 1 N–H and O–H groups in total. The van der Waals surface area contributed by atoms with Gasteiger partial charge in [-0.05, 0) is 18.8 Å². The first-order chi connectivity index (χ1) is 7.79. The Morgan fingerprint density at radius 3 is 3.06 bits per heavy atom. The van der Waals surface area contributed by atoms with Crippen LogP contribution in [-0.2, 0) is 13.6 Å². The van der Waals surface area contributed by atoms with Gasteiger partial charge in [0, 0.05) is 13.1 Å². The molecule has 1 fully saturated rings. The third kappa shape index (κ3) is 2.82. The Labute approximate surface area is 97.5 Å². The molecule has 90 valence electrons. The van der Waals surface area contributed by atoms with Gasteiger partial charge in [0.15, 0.2) is 0 Å². The van der Waals surface area contributed by atoms with Gasteiger partial charge in [-0.3, -0.25) is 0 Å². The van der Waals surface area contributed by atoms with Crippen LogP contribution in [0, 0.1) is 5.92 Å². The average Bonchev–Trinajstić information content (AvgIpc) is 2.72. The van der Waals surface area contributed by atoms with E-state index in [0.29, 0.717) is 6.04 Å². The number of aromatic nitrogens is 3. The molecule has 0 amide bonds. The zero-order chi connectivity index (χ0) is 11.4. The molecule has 2 rings (SSSR count). The highest BCUT2D eigenvalue weighted by atomic mass is 15.3. The van der Waals surface area contributed by atoms with Crippen molar-refractivity contribution < 1.29 is 0 Å². The first-order valence-corrected chi connectivity index (χ1v) is 6.35. The van der Waals surface area contributed by atoms with Gasteiger partial charge in [-0.15, -0.1) is 10.2 Å². The highest BCUT2D eigenvalue weighted by Gasteiger charge is 2.20. The molecular weight excluding hydrogens is 200 g/mol. The van der Waals surface area contributed by atoms with Gasteiger partial charge in [-0.2, -0.15) is 0 Å². The summed E-state index contributed by atoms with van der Waals surface area (Å²) in [5, 5.41) is 11.6. The fraction of sp³-hybridized carbons (Fsp3) is 0.833. The van der Waals surface area contributed by atoms with Gasteiger partial charge in [0.2, 0.25) is 0 Å². The van der Waals surface area contributed by atoms with Crippen molar-refractivity contribution in [2.24, 2.45) is 13.0 Å². The maximum absolute atomic E-state index is 4.09. The number of hydrogen-bond donors (Lipinski definition) is 1. The van der Waals surface area contributed by atoms with E-state index in [1.165, 1.54) is 32.1 Å². The molecule has 1 aliphatic rings. The Morgan fingerprint density at radius 2 is 2.38 bits per heavy atom. The molecule has 2 atom stereocenters. The molecule has 1 heterocycles. The molecule has 0 aromatic carbocycles. The molecule has 0 saturated heterocycles. The van der Waals surface area contributed by atoms with Gasteiger partial charge in [0.05, 0.1) is 6.54 Å². The first kappa shape index (κ1) is 11.6. The number of aryl methyl sites for hydroxylation is 1. The van der Waals surface area contributed by atoms with Crippen molar-refractivity contribution in [1.82, 2.24) is 20.1 Å². The fourth-order valence-electron chi connectivity index (χ4n) is 2.55. The normalized spacial score (nSPS) is 25.9. The largest absolute Gasteiger partial charge is 0.320 e. The lowest BCUT2D eigenvalue weighted by Gasteiger charge is -2.29. The number of hydrogen-bond acceptors (Lipinski definition) is 3. The molecule has 2 unspecified atom stereocenters. The van der Waals surface area contributed by atoms with Crippen LogP contribution >= 0.6 is 0 Å². The Hall–Kier alpha value is -0.900. The molecule has 4 heteroatoms. The second kappa shape index (κ2) is 5.43. The molecule has 4 nitrogen and oxygen atoms in total. The van der Waals surface area contributed by atoms with E-state index in [2.05, 4.69) is 22.4 Å². The van der Waals surface area contributed by atoms with Crippen LogP contribution in [0.2, 0.25) is 0 Å². The summed E-state index contributed by atoms with van der Waals surface area (Å²) < 4.78 is 1.98. The molecule has 16 heavy (non-hydrogen) atoms. The third-order valence-electron chi connectivity index (χ3n) is 3.71. The van der Waals surface area contributed by atoms with E-state index in [-0.39, 0.29) is 0 Å². The van der Waals surface area contributed by atoms with E-state index in [9.17, 15) is 0 Å². The van der Waals surface area contributed by atoms with Crippen LogP contribution in [0.3, 0.4) is 0 Å². The maximum Gasteiger partial charge on any atom is 0.146 e. The number of nitrogens with one attached hydrogen (secondary N) is 1. The topological polar surface area (TPSA) is 42.7 Å². The summed E-state index contributed by atoms with van der Waals surface area (Å²) in [7, 11) is 1.99. The van der Waals surface area contributed by atoms with Crippen LogP contribution in [0.25, 0.3) is 0 Å². The van der Waals surface area contributed by atoms with E-state index in [1.54, 1.807) is 6.33 Å². The summed E-state index contributed by atoms with van der Waals surface area (Å²) in [6.45, 7) is 3.15. The predicted molar refractivity (Wildman–Crippen MR) is 63.9 cm³/mol. The van der Waals surface area contributed by atoms with Gasteiger partial charge in [-0.1, -0.05) is 26.2 Å². The van der Waals surface area contributed by atoms with Crippen LogP contribution in [0.15, 0.2) is 6.33 Å². The van der Waals surface area contributed by atoms with E-state index in [0.717, 1.165) is 18.3 Å². The van der Waals surface area contributed by atoms with Crippen LogP contribution in [0.5, 0.6) is 0 Å². The van der Waals surface area contributed by atoms with Crippen molar-refractivity contribution in [3.8, 4) is 0 Å². The van der Waals surface area contributed by atoms with E-state index < -0.39 is 0 Å². The zero-order valence-corrected chi connectivity index (χ0v) is 10.3. The van der Waals surface area contributed by atoms with Crippen LogP contribution in [0.1, 0.15) is 44.9 Å². The fourth-order valence-corrected chi connectivity index (χ4v) is 2.55. The first-order valence-electron chi connectivity index (χ1n) is 6.35. The average molecular weight is 222 g/mol. The summed E-state index contributed by atoms with van der Waals surface area (Å²) >= 11 is 0. The maximum atomic E-state index is 4.09. The lowest BCUT2D eigenvalue weighted by atomic mass is 9.84. The second-order valence-electron chi connectivity index (χ2n) is 4.88. The molecule has 0 spiro atoms. The molecule has 0 aliphatic heterocycles. The van der Waals surface area contributed by atoms with Crippen molar-refractivity contribution in [1.29, 1.82) is 0 Å². The van der Waals surface area contributed by atoms with Crippen molar-refractivity contribution in [2.45, 2.75) is 51.6 Å². The molecule has 1 aromatic heterocycles. The highest BCUT2D eigenvalue weighted by molar-refractivity contribution is 4.86. The lowest BCUT2D eigenvalue weighted by Crippen LogP contribution is -2.34. The quantitative estimate of drug-likeness (QED) is 0.845. The van der Waals surface area contributed by atoms with Crippen LogP contribution in [0.4, 0.5) is 0 Å². The van der Waals surface area contributed by atoms with E-state index in [4.69, 9.17) is 0 Å². The van der Waals surface area contributed by atoms with Crippen molar-refractivity contribution in [3.63, 3.8) is 0 Å². The Kier molecular flexibility index (Phi) is 3.93. The summed E-state index contributed by atoms with van der Waals surface area (Å²) in [6.07, 6.45) is 8.51. The molecule has 1 aromatic rings. The minimum atomic E-state index is 0.676. The van der Waals surface area contributed by atoms with Gasteiger partial charge in [0.25, 0.3) is 0 Å². The number of nitrogens with zero attached hydrogens (tertiary/aromatic N) is 3. The monoisotopic (exact) mass is 222 g/mol. The van der Waals surface area contributed by atoms with E-state index in [1.807, 2.05) is 11.6 Å². The highest BCUT2D eigenvalue weighted by Crippen LogP contribution is 2.26. The molecule has 1 aliphatic carbocycles. The molecular formula is C12H22N4. The van der Waals surface area contributed by atoms with Crippen LogP contribution in [-0.4, -0.2) is 20.8 Å². The van der Waals surface area contributed by atoms with Crippen molar-refractivity contribution in [3.05, 3.63) is 12.2 Å². The van der Waals surface area contributed by atoms with E-state index >= 15 is 0 Å². The Morgan fingerprint density at radius 1 is 1.50 bits per heavy atom. The zero-order valence-electron chi connectivity index (χ0n) is 10.3. The van der Waals surface area contributed by atoms with Gasteiger partial charge in [0.1, 0.15) is 12.2 Å². The third-order valence-corrected chi connectivity index (χ3v) is 3.71. The SMILES string of the molecule is CCC1CCCC(NCc2nncn2C)C1. The summed E-state index contributed by atoms with van der Waals surface area (Å²) in [5.74, 6) is 1.95. The van der Waals surface area contributed by atoms with Crippen LogP contribution < -0.4 is 5.32 Å². The Balaban J connectivity index is 1.79. The standard InChI is InChI=1S/C12H22N4/c1-3-10-5-4-6-11(7-10)13-8-12-15-14-9-16(12)2/h9-11,13H,3-8H2,1-2H3. The minimum absolute atomic E-state index is 0.676.